The summed E-state index contributed by atoms with van der Waals surface area (Å²) in [6.45, 7) is 2.82. The molecular formula is C13H14FN3O. The van der Waals surface area contributed by atoms with Crippen LogP contribution in [0.2, 0.25) is 0 Å². The molecule has 0 radical (unpaired) electrons. The summed E-state index contributed by atoms with van der Waals surface area (Å²) in [5.41, 5.74) is 1.58. The van der Waals surface area contributed by atoms with E-state index in [2.05, 4.69) is 15.5 Å². The molecule has 0 amide bonds. The summed E-state index contributed by atoms with van der Waals surface area (Å²) in [5, 5.41) is 7.31. The lowest BCUT2D eigenvalue weighted by Crippen LogP contribution is -2.14. The Kier molecular flexibility index (Phi) is 2.83. The second-order valence-corrected chi connectivity index (χ2v) is 4.57. The number of halogens is 1. The van der Waals surface area contributed by atoms with Crippen LogP contribution >= 0.6 is 0 Å². The van der Waals surface area contributed by atoms with Crippen molar-refractivity contribution in [3.63, 3.8) is 0 Å². The SMILES string of the molecule is Cc1cc(F)ccc1-c1nc(C2CCCN2)no1. The van der Waals surface area contributed by atoms with E-state index in [0.29, 0.717) is 11.7 Å². The summed E-state index contributed by atoms with van der Waals surface area (Å²) in [4.78, 5) is 4.39. The van der Waals surface area contributed by atoms with Crippen molar-refractivity contribution >= 4 is 0 Å². The van der Waals surface area contributed by atoms with Crippen molar-refractivity contribution in [2.75, 3.05) is 6.54 Å². The van der Waals surface area contributed by atoms with Gasteiger partial charge in [-0.05, 0) is 50.1 Å². The number of nitrogens with zero attached hydrogens (tertiary/aromatic N) is 2. The van der Waals surface area contributed by atoms with Crippen LogP contribution in [-0.4, -0.2) is 16.7 Å². The number of benzene rings is 1. The zero-order valence-corrected chi connectivity index (χ0v) is 10.1. The predicted octanol–water partition coefficient (Wildman–Crippen LogP) is 2.61. The number of aromatic nitrogens is 2. The Bertz CT molecular complexity index is 561. The van der Waals surface area contributed by atoms with Crippen molar-refractivity contribution in [1.82, 2.24) is 15.5 Å². The fourth-order valence-corrected chi connectivity index (χ4v) is 2.26. The highest BCUT2D eigenvalue weighted by Crippen LogP contribution is 2.26. The standard InChI is InChI=1S/C13H14FN3O/c1-8-7-9(14)4-5-10(8)13-16-12(17-18-13)11-3-2-6-15-11/h4-5,7,11,15H,2-3,6H2,1H3. The van der Waals surface area contributed by atoms with Crippen molar-refractivity contribution in [1.29, 1.82) is 0 Å². The Morgan fingerprint density at radius 3 is 3.06 bits per heavy atom. The minimum absolute atomic E-state index is 0.184. The Hall–Kier alpha value is -1.75. The quantitative estimate of drug-likeness (QED) is 0.886. The van der Waals surface area contributed by atoms with Crippen LogP contribution in [0.3, 0.4) is 0 Å². The highest BCUT2D eigenvalue weighted by atomic mass is 19.1. The van der Waals surface area contributed by atoms with Gasteiger partial charge in [0.1, 0.15) is 5.82 Å². The summed E-state index contributed by atoms with van der Waals surface area (Å²) >= 11 is 0. The van der Waals surface area contributed by atoms with Crippen LogP contribution in [0, 0.1) is 12.7 Å². The Morgan fingerprint density at radius 2 is 2.33 bits per heavy atom. The van der Waals surface area contributed by atoms with E-state index >= 15 is 0 Å². The molecule has 1 aliphatic heterocycles. The zero-order valence-electron chi connectivity index (χ0n) is 10.1. The van der Waals surface area contributed by atoms with E-state index in [0.717, 1.165) is 30.5 Å². The minimum atomic E-state index is -0.256. The maximum atomic E-state index is 13.0. The van der Waals surface area contributed by atoms with Crippen LogP contribution in [0.4, 0.5) is 4.39 Å². The molecule has 1 aromatic heterocycles. The molecule has 0 saturated carbocycles. The molecule has 1 fully saturated rings. The van der Waals surface area contributed by atoms with Crippen LogP contribution < -0.4 is 5.32 Å². The van der Waals surface area contributed by atoms with Gasteiger partial charge < -0.3 is 9.84 Å². The first-order valence-corrected chi connectivity index (χ1v) is 6.07. The van der Waals surface area contributed by atoms with Crippen LogP contribution in [0.5, 0.6) is 0 Å². The van der Waals surface area contributed by atoms with E-state index < -0.39 is 0 Å². The third kappa shape index (κ3) is 2.01. The fourth-order valence-electron chi connectivity index (χ4n) is 2.26. The molecule has 1 saturated heterocycles. The van der Waals surface area contributed by atoms with Gasteiger partial charge in [-0.1, -0.05) is 5.16 Å². The highest BCUT2D eigenvalue weighted by Gasteiger charge is 2.22. The molecule has 4 nitrogen and oxygen atoms in total. The fraction of sp³-hybridized carbons (Fsp3) is 0.385. The van der Waals surface area contributed by atoms with Gasteiger partial charge >= 0.3 is 0 Å². The maximum Gasteiger partial charge on any atom is 0.258 e. The number of nitrogens with one attached hydrogen (secondary N) is 1. The molecule has 94 valence electrons. The summed E-state index contributed by atoms with van der Waals surface area (Å²) < 4.78 is 18.3. The first-order valence-electron chi connectivity index (χ1n) is 6.07. The van der Waals surface area contributed by atoms with Crippen molar-refractivity contribution in [2.24, 2.45) is 0 Å². The lowest BCUT2D eigenvalue weighted by atomic mass is 10.1. The molecule has 1 atom stereocenters. The third-order valence-corrected chi connectivity index (χ3v) is 3.23. The van der Waals surface area contributed by atoms with E-state index in [9.17, 15) is 4.39 Å². The van der Waals surface area contributed by atoms with Gasteiger partial charge in [0.05, 0.1) is 6.04 Å². The number of rotatable bonds is 2. The topological polar surface area (TPSA) is 51.0 Å². The van der Waals surface area contributed by atoms with Crippen molar-refractivity contribution in [3.8, 4) is 11.5 Å². The van der Waals surface area contributed by atoms with Gasteiger partial charge in [-0.2, -0.15) is 4.98 Å². The van der Waals surface area contributed by atoms with E-state index in [4.69, 9.17) is 4.52 Å². The van der Waals surface area contributed by atoms with Crippen molar-refractivity contribution < 1.29 is 8.91 Å². The van der Waals surface area contributed by atoms with Crippen molar-refractivity contribution in [2.45, 2.75) is 25.8 Å². The third-order valence-electron chi connectivity index (χ3n) is 3.23. The summed E-state index contributed by atoms with van der Waals surface area (Å²) in [6, 6.07) is 4.72. The van der Waals surface area contributed by atoms with Gasteiger partial charge in [-0.3, -0.25) is 0 Å². The van der Waals surface area contributed by atoms with Gasteiger partial charge in [0.2, 0.25) is 0 Å². The molecule has 5 heteroatoms. The zero-order chi connectivity index (χ0) is 12.5. The average Bonchev–Trinajstić information content (AvgIpc) is 2.99. The Balaban J connectivity index is 1.92. The van der Waals surface area contributed by atoms with Gasteiger partial charge in [-0.15, -0.1) is 0 Å². The number of hydrogen-bond acceptors (Lipinski definition) is 4. The molecular weight excluding hydrogens is 233 g/mol. The maximum absolute atomic E-state index is 13.0. The molecule has 0 bridgehead atoms. The molecule has 2 heterocycles. The molecule has 1 aromatic carbocycles. The van der Waals surface area contributed by atoms with E-state index in [1.54, 1.807) is 6.07 Å². The molecule has 1 N–H and O–H groups in total. The van der Waals surface area contributed by atoms with Gasteiger partial charge in [0, 0.05) is 5.56 Å². The van der Waals surface area contributed by atoms with Crippen LogP contribution in [-0.2, 0) is 0 Å². The van der Waals surface area contributed by atoms with Crippen LogP contribution in [0.25, 0.3) is 11.5 Å². The Labute approximate surface area is 104 Å². The van der Waals surface area contributed by atoms with Crippen molar-refractivity contribution in [3.05, 3.63) is 35.4 Å². The first-order chi connectivity index (χ1) is 8.74. The first kappa shape index (κ1) is 11.3. The molecule has 1 unspecified atom stereocenters. The smallest absolute Gasteiger partial charge is 0.258 e. The summed E-state index contributed by atoms with van der Waals surface area (Å²) in [5.74, 6) is 0.885. The molecule has 2 aromatic rings. The number of aryl methyl sites for hydroxylation is 1. The largest absolute Gasteiger partial charge is 0.334 e. The summed E-state index contributed by atoms with van der Waals surface area (Å²) in [7, 11) is 0. The van der Waals surface area contributed by atoms with Crippen LogP contribution in [0.1, 0.15) is 30.3 Å². The monoisotopic (exact) mass is 247 g/mol. The second kappa shape index (κ2) is 4.49. The summed E-state index contributed by atoms with van der Waals surface area (Å²) in [6.07, 6.45) is 2.16. The normalized spacial score (nSPS) is 19.3. The number of hydrogen-bond donors (Lipinski definition) is 1. The lowest BCUT2D eigenvalue weighted by molar-refractivity contribution is 0.412. The molecule has 18 heavy (non-hydrogen) atoms. The van der Waals surface area contributed by atoms with Gasteiger partial charge in [-0.25, -0.2) is 4.39 Å². The molecule has 0 aliphatic carbocycles. The van der Waals surface area contributed by atoms with Gasteiger partial charge in [0.25, 0.3) is 5.89 Å². The highest BCUT2D eigenvalue weighted by molar-refractivity contribution is 5.57. The van der Waals surface area contributed by atoms with E-state index in [-0.39, 0.29) is 11.9 Å². The van der Waals surface area contributed by atoms with Gasteiger partial charge in [0.15, 0.2) is 5.82 Å². The van der Waals surface area contributed by atoms with E-state index in [1.165, 1.54) is 12.1 Å². The lowest BCUT2D eigenvalue weighted by Gasteiger charge is -2.02. The minimum Gasteiger partial charge on any atom is -0.334 e. The molecule has 3 rings (SSSR count). The van der Waals surface area contributed by atoms with E-state index in [1.807, 2.05) is 6.92 Å². The second-order valence-electron chi connectivity index (χ2n) is 4.57. The van der Waals surface area contributed by atoms with Crippen LogP contribution in [0.15, 0.2) is 22.7 Å². The Morgan fingerprint density at radius 1 is 1.44 bits per heavy atom. The molecule has 0 spiro atoms. The molecule has 1 aliphatic rings. The average molecular weight is 247 g/mol. The predicted molar refractivity (Wildman–Crippen MR) is 64.4 cm³/mol.